The van der Waals surface area contributed by atoms with Crippen molar-refractivity contribution >= 4 is 17.6 Å². The molecule has 5 rings (SSSR count). The normalized spacial score (nSPS) is 18.4. The van der Waals surface area contributed by atoms with Gasteiger partial charge in [0.1, 0.15) is 28.6 Å². The van der Waals surface area contributed by atoms with Crippen LogP contribution in [0.25, 0.3) is 0 Å². The van der Waals surface area contributed by atoms with Crippen LogP contribution in [0.3, 0.4) is 0 Å². The molecule has 2 amide bonds. The number of aromatic nitrogens is 1. The molecule has 3 aromatic rings. The van der Waals surface area contributed by atoms with Crippen LogP contribution in [0, 0.1) is 0 Å². The van der Waals surface area contributed by atoms with Crippen molar-refractivity contribution in [2.75, 3.05) is 18.0 Å². The Kier molecular flexibility index (Phi) is 5.18. The maximum absolute atomic E-state index is 11.9. The number of anilines is 1. The van der Waals surface area contributed by atoms with E-state index in [2.05, 4.69) is 16.5 Å². The second-order valence-electron chi connectivity index (χ2n) is 7.86. The predicted molar refractivity (Wildman–Crippen MR) is 123 cm³/mol. The molecular weight excluding hydrogens is 420 g/mol. The van der Waals surface area contributed by atoms with Gasteiger partial charge in [-0.05, 0) is 54.6 Å². The van der Waals surface area contributed by atoms with Gasteiger partial charge in [0.15, 0.2) is 0 Å². The average Bonchev–Trinajstić information content (AvgIpc) is 2.81. The fourth-order valence-corrected chi connectivity index (χ4v) is 4.06. The number of hydrogen-bond donors (Lipinski definition) is 1. The van der Waals surface area contributed by atoms with E-state index in [0.717, 1.165) is 5.75 Å². The van der Waals surface area contributed by atoms with E-state index in [9.17, 15) is 9.59 Å². The van der Waals surface area contributed by atoms with Gasteiger partial charge in [0.25, 0.3) is 5.91 Å². The van der Waals surface area contributed by atoms with E-state index in [4.69, 9.17) is 15.2 Å². The zero-order chi connectivity index (χ0) is 22.9. The number of piperazine rings is 1. The van der Waals surface area contributed by atoms with Gasteiger partial charge in [0.05, 0.1) is 12.1 Å². The molecule has 2 N–H and O–H groups in total. The fraction of sp³-hybridized carbons (Fsp3) is 0.160. The quantitative estimate of drug-likeness (QED) is 0.564. The third-order valence-electron chi connectivity index (χ3n) is 5.89. The molecule has 2 fully saturated rings. The first kappa shape index (κ1) is 20.6. The van der Waals surface area contributed by atoms with Crippen molar-refractivity contribution in [2.45, 2.75) is 12.1 Å². The Morgan fingerprint density at radius 1 is 0.909 bits per heavy atom. The first-order chi connectivity index (χ1) is 16.0. The van der Waals surface area contributed by atoms with Gasteiger partial charge in [-0.15, -0.1) is 0 Å². The summed E-state index contributed by atoms with van der Waals surface area (Å²) in [6, 6.07) is 20.2. The fourth-order valence-electron chi connectivity index (χ4n) is 4.06. The Bertz CT molecular complexity index is 1210. The van der Waals surface area contributed by atoms with E-state index < -0.39 is 5.91 Å². The molecule has 2 aliphatic heterocycles. The van der Waals surface area contributed by atoms with Gasteiger partial charge in [-0.3, -0.25) is 9.59 Å². The van der Waals surface area contributed by atoms with Gasteiger partial charge in [0.2, 0.25) is 11.8 Å². The summed E-state index contributed by atoms with van der Waals surface area (Å²) in [4.78, 5) is 32.2. The zero-order valence-corrected chi connectivity index (χ0v) is 17.8. The Balaban J connectivity index is 1.31. The summed E-state index contributed by atoms with van der Waals surface area (Å²) in [7, 11) is 0. The molecule has 2 aromatic carbocycles. The van der Waals surface area contributed by atoms with E-state index in [0.29, 0.717) is 30.4 Å². The maximum atomic E-state index is 11.9. The zero-order valence-electron chi connectivity index (χ0n) is 17.8. The first-order valence-electron chi connectivity index (χ1n) is 10.5. The second-order valence-corrected chi connectivity index (χ2v) is 7.86. The summed E-state index contributed by atoms with van der Waals surface area (Å²) in [5, 5.41) is 0. The Hall–Kier alpha value is -4.33. The van der Waals surface area contributed by atoms with Gasteiger partial charge >= 0.3 is 0 Å². The van der Waals surface area contributed by atoms with E-state index in [1.54, 1.807) is 41.3 Å². The lowest BCUT2D eigenvalue weighted by molar-refractivity contribution is -0.138. The van der Waals surface area contributed by atoms with Crippen LogP contribution >= 0.6 is 0 Å². The Morgan fingerprint density at radius 2 is 1.58 bits per heavy atom. The molecule has 0 spiro atoms. The molecule has 0 saturated carbocycles. The highest BCUT2D eigenvalue weighted by Crippen LogP contribution is 2.38. The Morgan fingerprint density at radius 3 is 2.18 bits per heavy atom. The second kappa shape index (κ2) is 8.31. The number of ether oxygens (including phenoxy) is 2. The number of fused-ring (bicyclic) bond motifs is 1. The van der Waals surface area contributed by atoms with Crippen molar-refractivity contribution < 1.29 is 19.1 Å². The van der Waals surface area contributed by atoms with Crippen molar-refractivity contribution in [1.82, 2.24) is 9.88 Å². The minimum atomic E-state index is -0.624. The van der Waals surface area contributed by atoms with Crippen LogP contribution in [-0.4, -0.2) is 46.9 Å². The van der Waals surface area contributed by atoms with Crippen LogP contribution in [-0.2, 0) is 4.79 Å². The van der Waals surface area contributed by atoms with Crippen LogP contribution in [0.2, 0.25) is 0 Å². The van der Waals surface area contributed by atoms with Crippen molar-refractivity contribution in [3.05, 3.63) is 84.9 Å². The molecule has 2 aliphatic rings. The Labute approximate surface area is 190 Å². The number of nitrogens with zero attached hydrogens (tertiary/aromatic N) is 3. The van der Waals surface area contributed by atoms with E-state index in [1.165, 1.54) is 6.08 Å². The van der Waals surface area contributed by atoms with E-state index >= 15 is 0 Å². The lowest BCUT2D eigenvalue weighted by Gasteiger charge is -2.62. The number of nitrogens with two attached hydrogens (primary N) is 1. The number of pyridine rings is 1. The molecule has 8 nitrogen and oxygen atoms in total. The molecule has 1 aromatic heterocycles. The molecule has 0 bridgehead atoms. The highest BCUT2D eigenvalue weighted by Gasteiger charge is 2.53. The maximum Gasteiger partial charge on any atom is 0.254 e. The van der Waals surface area contributed by atoms with E-state index in [1.807, 2.05) is 30.3 Å². The molecule has 3 heterocycles. The van der Waals surface area contributed by atoms with Crippen molar-refractivity contribution in [2.24, 2.45) is 5.73 Å². The van der Waals surface area contributed by atoms with Crippen LogP contribution in [0.4, 0.5) is 5.82 Å². The summed E-state index contributed by atoms with van der Waals surface area (Å²) in [5.41, 5.74) is 5.72. The number of benzene rings is 2. The summed E-state index contributed by atoms with van der Waals surface area (Å²) in [6.45, 7) is 4.83. The van der Waals surface area contributed by atoms with Gasteiger partial charge in [-0.1, -0.05) is 24.8 Å². The number of rotatable bonds is 7. The van der Waals surface area contributed by atoms with Gasteiger partial charge in [-0.2, -0.15) is 4.98 Å². The summed E-state index contributed by atoms with van der Waals surface area (Å²) >= 11 is 0. The standard InChI is InChI=1S/C25H22N4O4/c1-2-23(30)29-15-20-21(29)14-28(20)22-13-12-19(24(26)31)25(27-22)33-18-10-8-17(9-11-18)32-16-6-4-3-5-7-16/h2-13,20-21H,1,14-15H2,(H2,26,31)/t20-,21?/m0/s1. The van der Waals surface area contributed by atoms with Crippen LogP contribution in [0.1, 0.15) is 10.4 Å². The predicted octanol–water partition coefficient (Wildman–Crippen LogP) is 3.35. The number of para-hydroxylation sites is 1. The summed E-state index contributed by atoms with van der Waals surface area (Å²) in [6.07, 6.45) is 1.33. The molecule has 8 heteroatoms. The molecule has 2 saturated heterocycles. The lowest BCUT2D eigenvalue weighted by atomic mass is 9.85. The van der Waals surface area contributed by atoms with Crippen molar-refractivity contribution in [3.8, 4) is 23.1 Å². The molecule has 0 radical (unpaired) electrons. The number of hydrogen-bond acceptors (Lipinski definition) is 6. The van der Waals surface area contributed by atoms with Crippen LogP contribution in [0.5, 0.6) is 23.1 Å². The molecule has 166 valence electrons. The average molecular weight is 442 g/mol. The number of carbonyl (C=O) groups is 2. The highest BCUT2D eigenvalue weighted by atomic mass is 16.5. The molecule has 33 heavy (non-hydrogen) atoms. The third-order valence-corrected chi connectivity index (χ3v) is 5.89. The highest BCUT2D eigenvalue weighted by molar-refractivity contribution is 5.95. The van der Waals surface area contributed by atoms with Gasteiger partial charge < -0.3 is 25.0 Å². The van der Waals surface area contributed by atoms with Crippen LogP contribution < -0.4 is 20.1 Å². The first-order valence-corrected chi connectivity index (χ1v) is 10.5. The number of carbonyl (C=O) groups excluding carboxylic acids is 2. The SMILES string of the molecule is C=CC(=O)N1C[C@H]2C1CN2c1ccc(C(N)=O)c(Oc2ccc(Oc3ccccc3)cc2)n1. The van der Waals surface area contributed by atoms with Crippen molar-refractivity contribution in [1.29, 1.82) is 0 Å². The molecular formula is C25H22N4O4. The summed E-state index contributed by atoms with van der Waals surface area (Å²) < 4.78 is 11.7. The molecule has 1 unspecified atom stereocenters. The van der Waals surface area contributed by atoms with Crippen molar-refractivity contribution in [3.63, 3.8) is 0 Å². The van der Waals surface area contributed by atoms with E-state index in [-0.39, 0.29) is 29.4 Å². The molecule has 2 atom stereocenters. The van der Waals surface area contributed by atoms with Crippen LogP contribution in [0.15, 0.2) is 79.4 Å². The van der Waals surface area contributed by atoms with Gasteiger partial charge in [-0.25, -0.2) is 0 Å². The minimum Gasteiger partial charge on any atom is -0.457 e. The lowest BCUT2D eigenvalue weighted by Crippen LogP contribution is -2.80. The molecule has 0 aliphatic carbocycles. The summed E-state index contributed by atoms with van der Waals surface area (Å²) in [5.74, 6) is 2.01. The number of likely N-dealkylation sites (tertiary alicyclic amines) is 1. The topological polar surface area (TPSA) is 98.0 Å². The third kappa shape index (κ3) is 3.87. The van der Waals surface area contributed by atoms with Gasteiger partial charge in [0, 0.05) is 13.1 Å². The minimum absolute atomic E-state index is 0.0587. The number of amides is 2. The smallest absolute Gasteiger partial charge is 0.254 e. The number of primary amides is 1. The monoisotopic (exact) mass is 442 g/mol. The largest absolute Gasteiger partial charge is 0.457 e.